The summed E-state index contributed by atoms with van der Waals surface area (Å²) < 4.78 is 1.83. The van der Waals surface area contributed by atoms with Crippen LogP contribution in [0.1, 0.15) is 24.6 Å². The molecule has 2 N–H and O–H groups in total. The largest absolute Gasteiger partial charge is 0.335 e. The summed E-state index contributed by atoms with van der Waals surface area (Å²) in [7, 11) is 1.93. The van der Waals surface area contributed by atoms with E-state index in [1.54, 1.807) is 6.20 Å². The van der Waals surface area contributed by atoms with Crippen molar-refractivity contribution in [3.05, 3.63) is 60.2 Å². The molecule has 0 amide bonds. The zero-order chi connectivity index (χ0) is 20.9. The Labute approximate surface area is 177 Å². The van der Waals surface area contributed by atoms with Crippen LogP contribution in [0.25, 0.3) is 50.4 Å². The molecule has 0 aromatic carbocycles. The predicted molar refractivity (Wildman–Crippen MR) is 120 cm³/mol. The van der Waals surface area contributed by atoms with Gasteiger partial charge in [-0.15, -0.1) is 0 Å². The van der Waals surface area contributed by atoms with Gasteiger partial charge < -0.3 is 4.98 Å². The Morgan fingerprint density at radius 3 is 2.84 bits per heavy atom. The van der Waals surface area contributed by atoms with Crippen LogP contribution in [0.15, 0.2) is 49.0 Å². The molecule has 5 aromatic heterocycles. The highest BCUT2D eigenvalue weighted by Gasteiger charge is 2.18. The molecule has 152 valence electrons. The van der Waals surface area contributed by atoms with E-state index < -0.39 is 0 Å². The number of H-pyrrole nitrogens is 2. The molecule has 0 saturated carbocycles. The lowest BCUT2D eigenvalue weighted by atomic mass is 10.1. The molecule has 5 aromatic rings. The fourth-order valence-corrected chi connectivity index (χ4v) is 4.14. The number of nitrogens with zero attached hydrogens (tertiary/aromatic N) is 6. The van der Waals surface area contributed by atoms with Crippen LogP contribution < -0.4 is 0 Å². The van der Waals surface area contributed by atoms with Gasteiger partial charge in [-0.05, 0) is 30.5 Å². The van der Waals surface area contributed by atoms with Crippen LogP contribution in [-0.4, -0.2) is 39.9 Å². The first-order valence-corrected chi connectivity index (χ1v) is 10.3. The second-order valence-electron chi connectivity index (χ2n) is 7.65. The molecule has 1 aliphatic carbocycles. The molecular weight excluding hydrogens is 388 g/mol. The molecule has 0 spiro atoms. The summed E-state index contributed by atoms with van der Waals surface area (Å²) in [4.78, 5) is 17.6. The van der Waals surface area contributed by atoms with Crippen molar-refractivity contribution >= 4 is 27.6 Å². The fourth-order valence-electron chi connectivity index (χ4n) is 4.14. The van der Waals surface area contributed by atoms with Crippen LogP contribution in [0.5, 0.6) is 0 Å². The van der Waals surface area contributed by atoms with Crippen molar-refractivity contribution in [2.24, 2.45) is 7.05 Å². The fraction of sp³-hybridized carbons (Fsp3) is 0.174. The van der Waals surface area contributed by atoms with E-state index in [0.29, 0.717) is 11.5 Å². The first-order valence-electron chi connectivity index (χ1n) is 10.3. The predicted octanol–water partition coefficient (Wildman–Crippen LogP) is 4.20. The van der Waals surface area contributed by atoms with E-state index >= 15 is 0 Å². The molecule has 0 saturated heterocycles. The Balaban J connectivity index is 1.51. The van der Waals surface area contributed by atoms with E-state index in [1.807, 2.05) is 36.3 Å². The number of fused-ring (bicyclic) bond motifs is 2. The van der Waals surface area contributed by atoms with Crippen molar-refractivity contribution in [3.8, 4) is 22.8 Å². The maximum Gasteiger partial charge on any atom is 0.161 e. The quantitative estimate of drug-likeness (QED) is 0.464. The van der Waals surface area contributed by atoms with Crippen LogP contribution in [0.4, 0.5) is 0 Å². The monoisotopic (exact) mass is 408 g/mol. The third kappa shape index (κ3) is 2.79. The number of hydrogen-bond donors (Lipinski definition) is 2. The first kappa shape index (κ1) is 17.8. The molecule has 8 heteroatoms. The maximum absolute atomic E-state index is 4.93. The standard InChI is InChI=1S/C23H20N8/c1-3-16-15(12-31(2)30-16)17-8-9-18-21(25-17)22(29-28-18)23-26-19-11-24-10-14(20(19)27-23)13-6-4-5-7-13/h4,6-12H,3,5H2,1-2H3,(H,26,27)(H,28,29). The number of aromatic nitrogens is 8. The Bertz CT molecular complexity index is 1510. The molecule has 0 radical (unpaired) electrons. The third-order valence-electron chi connectivity index (χ3n) is 5.62. The van der Waals surface area contributed by atoms with E-state index in [0.717, 1.165) is 63.0 Å². The number of allylic oxidation sites excluding steroid dienone is 4. The van der Waals surface area contributed by atoms with Gasteiger partial charge in [0.25, 0.3) is 0 Å². The third-order valence-corrected chi connectivity index (χ3v) is 5.62. The van der Waals surface area contributed by atoms with Crippen molar-refractivity contribution in [1.29, 1.82) is 0 Å². The van der Waals surface area contributed by atoms with Crippen molar-refractivity contribution in [1.82, 2.24) is 39.9 Å². The van der Waals surface area contributed by atoms with Gasteiger partial charge in [-0.25, -0.2) is 9.97 Å². The summed E-state index contributed by atoms with van der Waals surface area (Å²) >= 11 is 0. The average Bonchev–Trinajstić information content (AvgIpc) is 3.57. The van der Waals surface area contributed by atoms with Gasteiger partial charge in [0.15, 0.2) is 11.5 Å². The molecule has 5 heterocycles. The average molecular weight is 408 g/mol. The van der Waals surface area contributed by atoms with Gasteiger partial charge in [0.1, 0.15) is 5.52 Å². The van der Waals surface area contributed by atoms with Gasteiger partial charge >= 0.3 is 0 Å². The summed E-state index contributed by atoms with van der Waals surface area (Å²) in [5.74, 6) is 0.671. The zero-order valence-corrected chi connectivity index (χ0v) is 17.2. The molecule has 8 nitrogen and oxygen atoms in total. The van der Waals surface area contributed by atoms with Crippen LogP contribution in [0.3, 0.4) is 0 Å². The minimum absolute atomic E-state index is 0.671. The van der Waals surface area contributed by atoms with E-state index in [4.69, 9.17) is 9.97 Å². The number of nitrogens with one attached hydrogen (secondary N) is 2. The number of rotatable bonds is 4. The number of pyridine rings is 2. The number of aryl methyl sites for hydroxylation is 2. The Hall–Kier alpha value is -4.07. The van der Waals surface area contributed by atoms with Gasteiger partial charge in [0.05, 0.1) is 34.1 Å². The molecule has 31 heavy (non-hydrogen) atoms. The minimum Gasteiger partial charge on any atom is -0.335 e. The van der Waals surface area contributed by atoms with Crippen LogP contribution >= 0.6 is 0 Å². The first-order chi connectivity index (χ1) is 15.2. The number of hydrogen-bond acceptors (Lipinski definition) is 5. The van der Waals surface area contributed by atoms with E-state index in [-0.39, 0.29) is 0 Å². The highest BCUT2D eigenvalue weighted by molar-refractivity contribution is 5.96. The summed E-state index contributed by atoms with van der Waals surface area (Å²) in [6, 6.07) is 4.00. The van der Waals surface area contributed by atoms with Gasteiger partial charge in [0.2, 0.25) is 0 Å². The van der Waals surface area contributed by atoms with Crippen LogP contribution in [-0.2, 0) is 13.5 Å². The molecule has 6 rings (SSSR count). The molecular formula is C23H20N8. The zero-order valence-electron chi connectivity index (χ0n) is 17.2. The Morgan fingerprint density at radius 2 is 2.00 bits per heavy atom. The summed E-state index contributed by atoms with van der Waals surface area (Å²) in [6.07, 6.45) is 13.9. The molecule has 0 fully saturated rings. The topological polar surface area (TPSA) is 101 Å². The van der Waals surface area contributed by atoms with Gasteiger partial charge in [-0.3, -0.25) is 14.8 Å². The second-order valence-corrected chi connectivity index (χ2v) is 7.65. The second kappa shape index (κ2) is 6.73. The molecule has 0 atom stereocenters. The highest BCUT2D eigenvalue weighted by atomic mass is 15.3. The number of aromatic amines is 2. The van der Waals surface area contributed by atoms with Crippen molar-refractivity contribution in [2.75, 3.05) is 0 Å². The van der Waals surface area contributed by atoms with Crippen molar-refractivity contribution in [2.45, 2.75) is 19.8 Å². The van der Waals surface area contributed by atoms with Crippen LogP contribution in [0.2, 0.25) is 0 Å². The SMILES string of the molecule is CCc1nn(C)cc1-c1ccc2[nH]nc(-c3nc4c(C5=CCC=C5)cncc4[nH]3)c2n1. The van der Waals surface area contributed by atoms with Gasteiger partial charge in [-0.2, -0.15) is 10.2 Å². The normalized spacial score (nSPS) is 13.5. The lowest BCUT2D eigenvalue weighted by Gasteiger charge is -2.00. The van der Waals surface area contributed by atoms with E-state index in [9.17, 15) is 0 Å². The van der Waals surface area contributed by atoms with Gasteiger partial charge in [0, 0.05) is 30.6 Å². The molecule has 0 bridgehead atoms. The van der Waals surface area contributed by atoms with Gasteiger partial charge in [-0.1, -0.05) is 25.2 Å². The lowest BCUT2D eigenvalue weighted by Crippen LogP contribution is -1.90. The van der Waals surface area contributed by atoms with E-state index in [2.05, 4.69) is 50.4 Å². The lowest BCUT2D eigenvalue weighted by molar-refractivity contribution is 0.746. The summed E-state index contributed by atoms with van der Waals surface area (Å²) in [5, 5.41) is 12.1. The summed E-state index contributed by atoms with van der Waals surface area (Å²) in [5.41, 5.74) is 9.19. The van der Waals surface area contributed by atoms with Crippen molar-refractivity contribution in [3.63, 3.8) is 0 Å². The molecule has 1 aliphatic rings. The molecule has 0 aliphatic heterocycles. The van der Waals surface area contributed by atoms with Crippen molar-refractivity contribution < 1.29 is 0 Å². The Kier molecular flexibility index (Phi) is 3.86. The maximum atomic E-state index is 4.93. The van der Waals surface area contributed by atoms with Crippen LogP contribution in [0, 0.1) is 0 Å². The number of imidazole rings is 1. The Morgan fingerprint density at radius 1 is 1.06 bits per heavy atom. The smallest absolute Gasteiger partial charge is 0.161 e. The molecule has 0 unspecified atom stereocenters. The highest BCUT2D eigenvalue weighted by Crippen LogP contribution is 2.31. The summed E-state index contributed by atoms with van der Waals surface area (Å²) in [6.45, 7) is 2.10. The van der Waals surface area contributed by atoms with E-state index in [1.165, 1.54) is 0 Å². The minimum atomic E-state index is 0.671.